The summed E-state index contributed by atoms with van der Waals surface area (Å²) in [6, 6.07) is 14.1. The second kappa shape index (κ2) is 8.02. The van der Waals surface area contributed by atoms with E-state index in [1.54, 1.807) is 0 Å². The fourth-order valence-corrected chi connectivity index (χ4v) is 2.53. The third kappa shape index (κ3) is 4.74. The molecule has 21 heavy (non-hydrogen) atoms. The first kappa shape index (κ1) is 15.8. The Bertz CT molecular complexity index is 611. The fraction of sp³-hybridized carbons (Fsp3) is 0.176. The van der Waals surface area contributed by atoms with Gasteiger partial charge in [-0.3, -0.25) is 0 Å². The molecule has 0 aliphatic rings. The Hall–Kier alpha value is -1.56. The van der Waals surface area contributed by atoms with Crippen molar-refractivity contribution in [2.45, 2.75) is 0 Å². The molecule has 0 saturated heterocycles. The maximum Gasteiger partial charge on any atom is 0.132 e. The number of halogens is 2. The predicted octanol–water partition coefficient (Wildman–Crippen LogP) is 4.85. The highest BCUT2D eigenvalue weighted by molar-refractivity contribution is 14.1. The van der Waals surface area contributed by atoms with E-state index in [1.807, 2.05) is 37.4 Å². The summed E-state index contributed by atoms with van der Waals surface area (Å²) in [6.07, 6.45) is 4.11. The predicted molar refractivity (Wildman–Crippen MR) is 95.5 cm³/mol. The van der Waals surface area contributed by atoms with Crippen LogP contribution in [0.4, 0.5) is 10.1 Å². The van der Waals surface area contributed by atoms with Crippen LogP contribution < -0.4 is 10.1 Å². The first-order chi connectivity index (χ1) is 10.2. The minimum Gasteiger partial charge on any atom is -0.490 e. The van der Waals surface area contributed by atoms with Crippen LogP contribution in [0.1, 0.15) is 11.1 Å². The number of hydrogen-bond acceptors (Lipinski definition) is 2. The van der Waals surface area contributed by atoms with E-state index in [2.05, 4.69) is 52.2 Å². The van der Waals surface area contributed by atoms with Crippen LogP contribution in [0.25, 0.3) is 12.2 Å². The minimum atomic E-state index is -0.472. The van der Waals surface area contributed by atoms with Gasteiger partial charge in [0.05, 0.1) is 3.57 Å². The van der Waals surface area contributed by atoms with Crippen LogP contribution in [-0.4, -0.2) is 20.3 Å². The number of hydrogen-bond donors (Lipinski definition) is 1. The summed E-state index contributed by atoms with van der Waals surface area (Å²) in [7, 11) is 1.90. The van der Waals surface area contributed by atoms with Crippen LogP contribution >= 0.6 is 22.6 Å². The van der Waals surface area contributed by atoms with Crippen molar-refractivity contribution < 1.29 is 9.13 Å². The van der Waals surface area contributed by atoms with Gasteiger partial charge in [0.25, 0.3) is 0 Å². The van der Waals surface area contributed by atoms with E-state index in [1.165, 1.54) is 0 Å². The van der Waals surface area contributed by atoms with E-state index in [4.69, 9.17) is 4.74 Å². The van der Waals surface area contributed by atoms with Crippen molar-refractivity contribution >= 4 is 40.4 Å². The monoisotopic (exact) mass is 393 g/mol. The molecule has 2 nitrogen and oxygen atoms in total. The summed E-state index contributed by atoms with van der Waals surface area (Å²) in [6.45, 7) is -0.372. The highest BCUT2D eigenvalue weighted by atomic mass is 123. The van der Waals surface area contributed by atoms with Gasteiger partial charge in [-0.15, -0.1) is 0 Å². The number of alkyl halides is 1. The molecule has 0 atom stereocenters. The average Bonchev–Trinajstić information content (AvgIpc) is 2.52. The normalized spacial score (nSPS) is 10.8. The standard InChI is InChI=1S/C17H17FINO/c1-20-15-7-4-13(5-8-15)2-3-14-6-9-17(16(19)12-14)21-11-10-18/h2-9,12,20H,10-11H2,1H3/b3-2+/i19-4. The average molecular weight is 393 g/mol. The summed E-state index contributed by atoms with van der Waals surface area (Å²) in [4.78, 5) is 0. The van der Waals surface area contributed by atoms with E-state index < -0.39 is 6.67 Å². The first-order valence-corrected chi connectivity index (χ1v) is 7.75. The van der Waals surface area contributed by atoms with Gasteiger partial charge in [-0.2, -0.15) is 0 Å². The molecule has 0 aliphatic carbocycles. The Balaban J connectivity index is 2.07. The lowest BCUT2D eigenvalue weighted by Gasteiger charge is -2.06. The van der Waals surface area contributed by atoms with Gasteiger partial charge in [-0.1, -0.05) is 30.4 Å². The van der Waals surface area contributed by atoms with Gasteiger partial charge in [0, 0.05) is 12.7 Å². The van der Waals surface area contributed by atoms with E-state index in [-0.39, 0.29) is 6.61 Å². The Morgan fingerprint density at radius 3 is 2.38 bits per heavy atom. The van der Waals surface area contributed by atoms with Crippen molar-refractivity contribution in [1.29, 1.82) is 0 Å². The van der Waals surface area contributed by atoms with Crippen LogP contribution in [0.2, 0.25) is 0 Å². The Kier molecular flexibility index (Phi) is 6.04. The lowest BCUT2D eigenvalue weighted by Crippen LogP contribution is -2.00. The summed E-state index contributed by atoms with van der Waals surface area (Å²) in [5.41, 5.74) is 3.32. The minimum absolute atomic E-state index is 0.100. The quantitative estimate of drug-likeness (QED) is 0.560. The Labute approximate surface area is 138 Å². The molecule has 0 spiro atoms. The molecular formula is C17H17FINO. The van der Waals surface area contributed by atoms with Crippen molar-refractivity contribution in [2.24, 2.45) is 0 Å². The highest BCUT2D eigenvalue weighted by Gasteiger charge is 2.01. The highest BCUT2D eigenvalue weighted by Crippen LogP contribution is 2.23. The van der Waals surface area contributed by atoms with Gasteiger partial charge in [0.2, 0.25) is 0 Å². The van der Waals surface area contributed by atoms with E-state index in [0.717, 1.165) is 26.1 Å². The molecular weight excluding hydrogens is 376 g/mol. The van der Waals surface area contributed by atoms with Crippen LogP contribution in [0.3, 0.4) is 0 Å². The number of benzene rings is 2. The van der Waals surface area contributed by atoms with Gasteiger partial charge in [0.1, 0.15) is 19.0 Å². The lowest BCUT2D eigenvalue weighted by atomic mass is 10.1. The summed E-state index contributed by atoms with van der Waals surface area (Å²) >= 11 is 2.20. The van der Waals surface area contributed by atoms with Crippen molar-refractivity contribution in [3.63, 3.8) is 0 Å². The molecule has 0 bridgehead atoms. The third-order valence-electron chi connectivity index (χ3n) is 2.96. The maximum atomic E-state index is 12.1. The Morgan fingerprint density at radius 2 is 1.76 bits per heavy atom. The van der Waals surface area contributed by atoms with Crippen LogP contribution in [-0.2, 0) is 0 Å². The van der Waals surface area contributed by atoms with Crippen molar-refractivity contribution in [1.82, 2.24) is 0 Å². The number of ether oxygens (including phenoxy) is 1. The molecule has 0 aliphatic heterocycles. The maximum absolute atomic E-state index is 12.1. The number of nitrogens with one attached hydrogen (secondary N) is 1. The smallest absolute Gasteiger partial charge is 0.132 e. The summed E-state index contributed by atoms with van der Waals surface area (Å²) < 4.78 is 18.4. The molecule has 0 radical (unpaired) electrons. The van der Waals surface area contributed by atoms with Gasteiger partial charge in [0.15, 0.2) is 0 Å². The van der Waals surface area contributed by atoms with Gasteiger partial charge < -0.3 is 10.1 Å². The van der Waals surface area contributed by atoms with Gasteiger partial charge >= 0.3 is 0 Å². The molecule has 2 aromatic carbocycles. The van der Waals surface area contributed by atoms with Crippen LogP contribution in [0.15, 0.2) is 42.5 Å². The molecule has 110 valence electrons. The van der Waals surface area contributed by atoms with E-state index in [9.17, 15) is 4.39 Å². The molecule has 0 amide bonds. The molecule has 0 aromatic heterocycles. The zero-order valence-electron chi connectivity index (χ0n) is 11.8. The largest absolute Gasteiger partial charge is 0.490 e. The molecule has 0 fully saturated rings. The lowest BCUT2D eigenvalue weighted by molar-refractivity contribution is 0.271. The molecule has 4 heteroatoms. The van der Waals surface area contributed by atoms with Gasteiger partial charge in [-0.05, 0) is 58.0 Å². The van der Waals surface area contributed by atoms with Crippen molar-refractivity contribution in [3.8, 4) is 5.75 Å². The second-order valence-corrected chi connectivity index (χ2v) is 5.59. The number of anilines is 1. The summed E-state index contributed by atoms with van der Waals surface area (Å²) in [5, 5.41) is 3.09. The van der Waals surface area contributed by atoms with Crippen molar-refractivity contribution in [2.75, 3.05) is 25.6 Å². The molecule has 0 unspecified atom stereocenters. The molecule has 2 rings (SSSR count). The number of rotatable bonds is 6. The van der Waals surface area contributed by atoms with Gasteiger partial charge in [-0.25, -0.2) is 4.39 Å². The van der Waals surface area contributed by atoms with E-state index >= 15 is 0 Å². The molecule has 0 saturated carbocycles. The zero-order valence-corrected chi connectivity index (χ0v) is 13.9. The Morgan fingerprint density at radius 1 is 1.10 bits per heavy atom. The van der Waals surface area contributed by atoms with Crippen LogP contribution in [0.5, 0.6) is 5.75 Å². The summed E-state index contributed by atoms with van der Waals surface area (Å²) in [5.74, 6) is 0.726. The topological polar surface area (TPSA) is 21.3 Å². The second-order valence-electron chi connectivity index (χ2n) is 4.43. The molecule has 0 heterocycles. The first-order valence-electron chi connectivity index (χ1n) is 6.67. The zero-order chi connectivity index (χ0) is 15.1. The molecule has 1 N–H and O–H groups in total. The third-order valence-corrected chi connectivity index (χ3v) is 3.80. The molecule has 2 aromatic rings. The van der Waals surface area contributed by atoms with Crippen molar-refractivity contribution in [3.05, 3.63) is 57.2 Å². The van der Waals surface area contributed by atoms with E-state index in [0.29, 0.717) is 0 Å². The SMILES string of the molecule is CNc1ccc(/C=C/c2ccc(OCCF)c([123I])c2)cc1. The van der Waals surface area contributed by atoms with Crippen LogP contribution in [0, 0.1) is 3.57 Å². The fourth-order valence-electron chi connectivity index (χ4n) is 1.84.